The second-order valence-corrected chi connectivity index (χ2v) is 7.93. The number of carbonyl (C=O) groups is 1. The molecule has 1 saturated heterocycles. The van der Waals surface area contributed by atoms with Crippen molar-refractivity contribution < 1.29 is 13.2 Å². The lowest BCUT2D eigenvalue weighted by Crippen LogP contribution is -2.39. The third-order valence-corrected chi connectivity index (χ3v) is 5.43. The first-order chi connectivity index (χ1) is 11.0. The Labute approximate surface area is 138 Å². The summed E-state index contributed by atoms with van der Waals surface area (Å²) in [4.78, 5) is 14.3. The SMILES string of the molecule is C=CCS(=O)(=O)CC(=O)NCC(c1ccccc1)N1CCCC1. The van der Waals surface area contributed by atoms with Gasteiger partial charge in [-0.2, -0.15) is 0 Å². The molecule has 0 saturated carbocycles. The number of rotatable bonds is 8. The number of hydrogen-bond donors (Lipinski definition) is 1. The zero-order chi connectivity index (χ0) is 16.7. The van der Waals surface area contributed by atoms with Crippen molar-refractivity contribution >= 4 is 15.7 Å². The zero-order valence-corrected chi connectivity index (χ0v) is 14.1. The Morgan fingerprint density at radius 1 is 1.26 bits per heavy atom. The number of hydrogen-bond acceptors (Lipinski definition) is 4. The van der Waals surface area contributed by atoms with E-state index in [1.54, 1.807) is 0 Å². The maximum Gasteiger partial charge on any atom is 0.235 e. The van der Waals surface area contributed by atoms with Gasteiger partial charge in [-0.05, 0) is 31.5 Å². The van der Waals surface area contributed by atoms with Crippen LogP contribution in [0, 0.1) is 0 Å². The normalized spacial score (nSPS) is 16.9. The van der Waals surface area contributed by atoms with E-state index in [1.165, 1.54) is 6.08 Å². The molecule has 0 bridgehead atoms. The molecule has 23 heavy (non-hydrogen) atoms. The van der Waals surface area contributed by atoms with Crippen molar-refractivity contribution in [2.24, 2.45) is 0 Å². The van der Waals surface area contributed by atoms with Crippen molar-refractivity contribution in [2.75, 3.05) is 31.1 Å². The number of sulfone groups is 1. The van der Waals surface area contributed by atoms with Crippen LogP contribution in [-0.4, -0.2) is 50.4 Å². The van der Waals surface area contributed by atoms with Crippen molar-refractivity contribution in [1.29, 1.82) is 0 Å². The Hall–Kier alpha value is -1.66. The maximum absolute atomic E-state index is 11.9. The molecular weight excluding hydrogens is 312 g/mol. The van der Waals surface area contributed by atoms with Gasteiger partial charge in [0.15, 0.2) is 9.84 Å². The van der Waals surface area contributed by atoms with E-state index < -0.39 is 21.5 Å². The lowest BCUT2D eigenvalue weighted by molar-refractivity contribution is -0.118. The van der Waals surface area contributed by atoms with Gasteiger partial charge in [0.25, 0.3) is 0 Å². The van der Waals surface area contributed by atoms with E-state index in [4.69, 9.17) is 0 Å². The van der Waals surface area contributed by atoms with Gasteiger partial charge in [0.05, 0.1) is 11.8 Å². The number of nitrogens with one attached hydrogen (secondary N) is 1. The number of likely N-dealkylation sites (tertiary alicyclic amines) is 1. The van der Waals surface area contributed by atoms with Crippen LogP contribution in [0.25, 0.3) is 0 Å². The molecule has 126 valence electrons. The van der Waals surface area contributed by atoms with E-state index in [0.29, 0.717) is 6.54 Å². The first-order valence-electron chi connectivity index (χ1n) is 7.89. The van der Waals surface area contributed by atoms with E-state index in [1.807, 2.05) is 30.3 Å². The summed E-state index contributed by atoms with van der Waals surface area (Å²) in [5, 5.41) is 2.78. The highest BCUT2D eigenvalue weighted by atomic mass is 32.2. The van der Waals surface area contributed by atoms with Gasteiger partial charge < -0.3 is 5.32 Å². The van der Waals surface area contributed by atoms with Crippen molar-refractivity contribution in [1.82, 2.24) is 10.2 Å². The molecule has 6 heteroatoms. The van der Waals surface area contributed by atoms with E-state index in [-0.39, 0.29) is 11.8 Å². The first-order valence-corrected chi connectivity index (χ1v) is 9.71. The van der Waals surface area contributed by atoms with E-state index in [2.05, 4.69) is 16.8 Å². The molecule has 1 aromatic carbocycles. The van der Waals surface area contributed by atoms with Crippen molar-refractivity contribution in [3.63, 3.8) is 0 Å². The van der Waals surface area contributed by atoms with Crippen LogP contribution in [0.4, 0.5) is 0 Å². The van der Waals surface area contributed by atoms with Gasteiger partial charge in [-0.1, -0.05) is 36.4 Å². The summed E-state index contributed by atoms with van der Waals surface area (Å²) in [6.07, 6.45) is 3.62. The van der Waals surface area contributed by atoms with Gasteiger partial charge in [0.1, 0.15) is 5.75 Å². The monoisotopic (exact) mass is 336 g/mol. The minimum Gasteiger partial charge on any atom is -0.353 e. The molecule has 1 fully saturated rings. The van der Waals surface area contributed by atoms with Gasteiger partial charge in [0.2, 0.25) is 5.91 Å². The Morgan fingerprint density at radius 2 is 1.91 bits per heavy atom. The summed E-state index contributed by atoms with van der Waals surface area (Å²) in [6.45, 7) is 5.83. The van der Waals surface area contributed by atoms with Crippen LogP contribution in [0.1, 0.15) is 24.4 Å². The third kappa shape index (κ3) is 5.48. The Morgan fingerprint density at radius 3 is 2.52 bits per heavy atom. The molecule has 1 aromatic rings. The van der Waals surface area contributed by atoms with Crippen molar-refractivity contribution in [3.05, 3.63) is 48.6 Å². The molecule has 1 aliphatic rings. The van der Waals surface area contributed by atoms with Gasteiger partial charge in [0, 0.05) is 6.54 Å². The van der Waals surface area contributed by atoms with Crippen LogP contribution in [-0.2, 0) is 14.6 Å². The molecule has 1 atom stereocenters. The summed E-state index contributed by atoms with van der Waals surface area (Å²) in [5.74, 6) is -1.11. The van der Waals surface area contributed by atoms with E-state index >= 15 is 0 Å². The maximum atomic E-state index is 11.9. The molecule has 0 aliphatic carbocycles. The fourth-order valence-corrected chi connectivity index (χ4v) is 3.86. The van der Waals surface area contributed by atoms with Crippen LogP contribution in [0.3, 0.4) is 0 Å². The topological polar surface area (TPSA) is 66.5 Å². The largest absolute Gasteiger partial charge is 0.353 e. The first kappa shape index (κ1) is 17.7. The van der Waals surface area contributed by atoms with Gasteiger partial charge >= 0.3 is 0 Å². The molecule has 1 N–H and O–H groups in total. The lowest BCUT2D eigenvalue weighted by Gasteiger charge is -2.28. The average Bonchev–Trinajstić information content (AvgIpc) is 3.02. The molecule has 1 amide bonds. The average molecular weight is 336 g/mol. The molecule has 1 heterocycles. The highest BCUT2D eigenvalue weighted by molar-refractivity contribution is 7.92. The fourth-order valence-electron chi connectivity index (χ4n) is 2.89. The Balaban J connectivity index is 1.98. The summed E-state index contributed by atoms with van der Waals surface area (Å²) in [6, 6.07) is 10.1. The smallest absolute Gasteiger partial charge is 0.235 e. The van der Waals surface area contributed by atoms with Gasteiger partial charge in [-0.25, -0.2) is 8.42 Å². The number of benzene rings is 1. The molecule has 0 spiro atoms. The Kier molecular flexibility index (Phi) is 6.36. The molecule has 1 aliphatic heterocycles. The second-order valence-electron chi connectivity index (χ2n) is 5.82. The molecule has 5 nitrogen and oxygen atoms in total. The Bertz CT molecular complexity index is 622. The van der Waals surface area contributed by atoms with Gasteiger partial charge in [-0.15, -0.1) is 6.58 Å². The third-order valence-electron chi connectivity index (χ3n) is 3.98. The van der Waals surface area contributed by atoms with Crippen LogP contribution in [0.5, 0.6) is 0 Å². The van der Waals surface area contributed by atoms with Crippen LogP contribution < -0.4 is 5.32 Å². The van der Waals surface area contributed by atoms with E-state index in [9.17, 15) is 13.2 Å². The molecule has 1 unspecified atom stereocenters. The lowest BCUT2D eigenvalue weighted by atomic mass is 10.1. The van der Waals surface area contributed by atoms with Crippen LogP contribution in [0.15, 0.2) is 43.0 Å². The summed E-state index contributed by atoms with van der Waals surface area (Å²) in [7, 11) is -3.41. The predicted octanol–water partition coefficient (Wildman–Crippen LogP) is 1.54. The number of nitrogens with zero attached hydrogens (tertiary/aromatic N) is 1. The van der Waals surface area contributed by atoms with Crippen LogP contribution >= 0.6 is 0 Å². The second kappa shape index (κ2) is 8.26. The predicted molar refractivity (Wildman–Crippen MR) is 91.9 cm³/mol. The number of carbonyl (C=O) groups excluding carboxylic acids is 1. The van der Waals surface area contributed by atoms with Crippen molar-refractivity contribution in [2.45, 2.75) is 18.9 Å². The molecule has 0 aromatic heterocycles. The quantitative estimate of drug-likeness (QED) is 0.731. The van der Waals surface area contributed by atoms with Crippen LogP contribution in [0.2, 0.25) is 0 Å². The highest BCUT2D eigenvalue weighted by Gasteiger charge is 2.24. The minimum absolute atomic E-state index is 0.0877. The highest BCUT2D eigenvalue weighted by Crippen LogP contribution is 2.24. The minimum atomic E-state index is -3.41. The summed E-state index contributed by atoms with van der Waals surface area (Å²) >= 11 is 0. The zero-order valence-electron chi connectivity index (χ0n) is 13.3. The number of amides is 1. The summed E-state index contributed by atoms with van der Waals surface area (Å²) < 4.78 is 23.3. The fraction of sp³-hybridized carbons (Fsp3) is 0.471. The van der Waals surface area contributed by atoms with Crippen molar-refractivity contribution in [3.8, 4) is 0 Å². The summed E-state index contributed by atoms with van der Waals surface area (Å²) in [5.41, 5.74) is 1.14. The standard InChI is InChI=1S/C17H24N2O3S/c1-2-12-23(21,22)14-17(20)18-13-16(19-10-6-7-11-19)15-8-4-3-5-9-15/h2-5,8-9,16H,1,6-7,10-14H2,(H,18,20). The molecule has 2 rings (SSSR count). The molecule has 0 radical (unpaired) electrons. The van der Waals surface area contributed by atoms with E-state index in [0.717, 1.165) is 31.5 Å². The molecular formula is C17H24N2O3S. The van der Waals surface area contributed by atoms with Gasteiger partial charge in [-0.3, -0.25) is 9.69 Å².